The zero-order valence-corrected chi connectivity index (χ0v) is 11.5. The zero-order chi connectivity index (χ0) is 14.0. The SMILES string of the molecule is CC(CO)C(C)NC(=O)C1(c2ccc(N)cc2)CC1. The van der Waals surface area contributed by atoms with Crippen molar-refractivity contribution in [2.45, 2.75) is 38.1 Å². The zero-order valence-electron chi connectivity index (χ0n) is 11.5. The largest absolute Gasteiger partial charge is 0.399 e. The van der Waals surface area contributed by atoms with E-state index in [9.17, 15) is 4.79 Å². The molecule has 4 nitrogen and oxygen atoms in total. The minimum Gasteiger partial charge on any atom is -0.399 e. The Hall–Kier alpha value is -1.55. The molecule has 0 spiro atoms. The minimum absolute atomic E-state index is 0.0243. The van der Waals surface area contributed by atoms with Gasteiger partial charge in [-0.15, -0.1) is 0 Å². The molecule has 4 heteroatoms. The maximum Gasteiger partial charge on any atom is 0.230 e. The van der Waals surface area contributed by atoms with Crippen LogP contribution >= 0.6 is 0 Å². The van der Waals surface area contributed by atoms with Crippen molar-refractivity contribution in [2.75, 3.05) is 12.3 Å². The number of carbonyl (C=O) groups is 1. The molecule has 2 rings (SSSR count). The number of nitrogens with one attached hydrogen (secondary N) is 1. The van der Waals surface area contributed by atoms with Crippen molar-refractivity contribution < 1.29 is 9.90 Å². The van der Waals surface area contributed by atoms with Crippen LogP contribution in [-0.4, -0.2) is 23.7 Å². The molecule has 1 fully saturated rings. The lowest BCUT2D eigenvalue weighted by Gasteiger charge is -2.23. The summed E-state index contributed by atoms with van der Waals surface area (Å²) in [6, 6.07) is 7.51. The second-order valence-electron chi connectivity index (χ2n) is 5.63. The van der Waals surface area contributed by atoms with Gasteiger partial charge in [-0.2, -0.15) is 0 Å². The first-order valence-corrected chi connectivity index (χ1v) is 6.77. The molecule has 2 unspecified atom stereocenters. The van der Waals surface area contributed by atoms with Crippen LogP contribution in [0.5, 0.6) is 0 Å². The van der Waals surface area contributed by atoms with Crippen molar-refractivity contribution in [1.82, 2.24) is 5.32 Å². The first kappa shape index (κ1) is 13.9. The number of nitrogen functional groups attached to an aromatic ring is 1. The summed E-state index contributed by atoms with van der Waals surface area (Å²) in [5.41, 5.74) is 7.04. The molecule has 1 aliphatic carbocycles. The van der Waals surface area contributed by atoms with E-state index in [0.717, 1.165) is 18.4 Å². The van der Waals surface area contributed by atoms with Crippen molar-refractivity contribution in [3.63, 3.8) is 0 Å². The van der Waals surface area contributed by atoms with Crippen LogP contribution in [0.15, 0.2) is 24.3 Å². The Labute approximate surface area is 114 Å². The molecule has 1 saturated carbocycles. The Morgan fingerprint density at radius 3 is 2.42 bits per heavy atom. The number of anilines is 1. The Morgan fingerprint density at radius 1 is 1.37 bits per heavy atom. The van der Waals surface area contributed by atoms with Crippen LogP contribution in [0.4, 0.5) is 5.69 Å². The van der Waals surface area contributed by atoms with Crippen LogP contribution in [0, 0.1) is 5.92 Å². The third-order valence-electron chi connectivity index (χ3n) is 4.15. The molecule has 1 aromatic rings. The maximum atomic E-state index is 12.4. The summed E-state index contributed by atoms with van der Waals surface area (Å²) in [5, 5.41) is 12.1. The second-order valence-corrected chi connectivity index (χ2v) is 5.63. The topological polar surface area (TPSA) is 75.3 Å². The van der Waals surface area contributed by atoms with E-state index in [1.807, 2.05) is 38.1 Å². The summed E-state index contributed by atoms with van der Waals surface area (Å²) in [7, 11) is 0. The average molecular weight is 262 g/mol. The van der Waals surface area contributed by atoms with E-state index in [1.54, 1.807) is 0 Å². The predicted molar refractivity (Wildman–Crippen MR) is 75.6 cm³/mol. The molecule has 0 bridgehead atoms. The molecule has 2 atom stereocenters. The van der Waals surface area contributed by atoms with Crippen molar-refractivity contribution in [1.29, 1.82) is 0 Å². The molecule has 0 radical (unpaired) electrons. The van der Waals surface area contributed by atoms with Gasteiger partial charge in [0.2, 0.25) is 5.91 Å². The molecule has 0 aliphatic heterocycles. The first-order chi connectivity index (χ1) is 8.99. The van der Waals surface area contributed by atoms with Crippen LogP contribution in [0.3, 0.4) is 0 Å². The first-order valence-electron chi connectivity index (χ1n) is 6.77. The Morgan fingerprint density at radius 2 is 1.95 bits per heavy atom. The molecule has 0 aromatic heterocycles. The third-order valence-corrected chi connectivity index (χ3v) is 4.15. The number of amides is 1. The molecule has 0 saturated heterocycles. The smallest absolute Gasteiger partial charge is 0.230 e. The Kier molecular flexibility index (Phi) is 3.80. The maximum absolute atomic E-state index is 12.4. The standard InChI is InChI=1S/C15H22N2O2/c1-10(9-18)11(2)17-14(19)15(7-8-15)12-3-5-13(16)6-4-12/h3-6,10-11,18H,7-9,16H2,1-2H3,(H,17,19). The fraction of sp³-hybridized carbons (Fsp3) is 0.533. The minimum atomic E-state index is -0.378. The van der Waals surface area contributed by atoms with E-state index in [0.29, 0.717) is 5.69 Å². The highest BCUT2D eigenvalue weighted by molar-refractivity contribution is 5.91. The van der Waals surface area contributed by atoms with Crippen molar-refractivity contribution in [2.24, 2.45) is 5.92 Å². The Balaban J connectivity index is 2.08. The molecular formula is C15H22N2O2. The summed E-state index contributed by atoms with van der Waals surface area (Å²) in [6.07, 6.45) is 1.76. The summed E-state index contributed by atoms with van der Waals surface area (Å²) >= 11 is 0. The molecular weight excluding hydrogens is 240 g/mol. The van der Waals surface area contributed by atoms with Gasteiger partial charge >= 0.3 is 0 Å². The number of hydrogen-bond donors (Lipinski definition) is 3. The number of benzene rings is 1. The van der Waals surface area contributed by atoms with E-state index in [4.69, 9.17) is 10.8 Å². The van der Waals surface area contributed by atoms with Gasteiger partial charge in [-0.25, -0.2) is 0 Å². The molecule has 19 heavy (non-hydrogen) atoms. The lowest BCUT2D eigenvalue weighted by atomic mass is 9.93. The number of nitrogens with two attached hydrogens (primary N) is 1. The van der Waals surface area contributed by atoms with Crippen molar-refractivity contribution in [3.05, 3.63) is 29.8 Å². The molecule has 1 amide bonds. The molecule has 104 valence electrons. The lowest BCUT2D eigenvalue weighted by molar-refractivity contribution is -0.124. The van der Waals surface area contributed by atoms with Gasteiger partial charge in [-0.3, -0.25) is 4.79 Å². The summed E-state index contributed by atoms with van der Waals surface area (Å²) in [6.45, 7) is 3.93. The molecule has 0 heterocycles. The fourth-order valence-corrected chi connectivity index (χ4v) is 2.22. The number of rotatable bonds is 5. The number of aliphatic hydroxyl groups is 1. The van der Waals surface area contributed by atoms with Crippen LogP contribution < -0.4 is 11.1 Å². The summed E-state index contributed by atoms with van der Waals surface area (Å²) in [4.78, 5) is 12.4. The fourth-order valence-electron chi connectivity index (χ4n) is 2.22. The molecule has 1 aromatic carbocycles. The van der Waals surface area contributed by atoms with Crippen LogP contribution in [0.1, 0.15) is 32.3 Å². The van der Waals surface area contributed by atoms with E-state index >= 15 is 0 Å². The van der Waals surface area contributed by atoms with Gasteiger partial charge in [0.15, 0.2) is 0 Å². The van der Waals surface area contributed by atoms with Gasteiger partial charge in [0.1, 0.15) is 0 Å². The second kappa shape index (κ2) is 5.21. The van der Waals surface area contributed by atoms with Gasteiger partial charge < -0.3 is 16.2 Å². The van der Waals surface area contributed by atoms with Crippen LogP contribution in [-0.2, 0) is 10.2 Å². The van der Waals surface area contributed by atoms with E-state index in [2.05, 4.69) is 5.32 Å². The summed E-state index contributed by atoms with van der Waals surface area (Å²) < 4.78 is 0. The highest BCUT2D eigenvalue weighted by atomic mass is 16.3. The number of carbonyl (C=O) groups excluding carboxylic acids is 1. The van der Waals surface area contributed by atoms with Gasteiger partial charge in [-0.05, 0) is 43.4 Å². The van der Waals surface area contributed by atoms with Crippen LogP contribution in [0.25, 0.3) is 0 Å². The van der Waals surface area contributed by atoms with E-state index in [1.165, 1.54) is 0 Å². The van der Waals surface area contributed by atoms with E-state index < -0.39 is 0 Å². The molecule has 1 aliphatic rings. The highest BCUT2D eigenvalue weighted by Gasteiger charge is 2.51. The Bertz CT molecular complexity index is 452. The van der Waals surface area contributed by atoms with Crippen LogP contribution in [0.2, 0.25) is 0 Å². The quantitative estimate of drug-likeness (QED) is 0.703. The van der Waals surface area contributed by atoms with Gasteiger partial charge in [0.05, 0.1) is 5.41 Å². The average Bonchev–Trinajstić information content (AvgIpc) is 3.20. The normalized spacial score (nSPS) is 19.5. The highest BCUT2D eigenvalue weighted by Crippen LogP contribution is 2.48. The van der Waals surface area contributed by atoms with Gasteiger partial charge in [0, 0.05) is 18.3 Å². The number of hydrogen-bond acceptors (Lipinski definition) is 3. The molecule has 4 N–H and O–H groups in total. The van der Waals surface area contributed by atoms with Crippen molar-refractivity contribution >= 4 is 11.6 Å². The van der Waals surface area contributed by atoms with Crippen molar-refractivity contribution in [3.8, 4) is 0 Å². The monoisotopic (exact) mass is 262 g/mol. The number of aliphatic hydroxyl groups excluding tert-OH is 1. The van der Waals surface area contributed by atoms with Gasteiger partial charge in [0.25, 0.3) is 0 Å². The van der Waals surface area contributed by atoms with Gasteiger partial charge in [-0.1, -0.05) is 19.1 Å². The summed E-state index contributed by atoms with van der Waals surface area (Å²) in [5.74, 6) is 0.122. The van der Waals surface area contributed by atoms with E-state index in [-0.39, 0.29) is 29.9 Å². The lowest BCUT2D eigenvalue weighted by Crippen LogP contribution is -2.43. The third kappa shape index (κ3) is 2.73. The predicted octanol–water partition coefficient (Wildman–Crippen LogP) is 1.43.